The first-order valence-corrected chi connectivity index (χ1v) is 12.1. The molecule has 6 nitrogen and oxygen atoms in total. The molecule has 6 heteroatoms. The van der Waals surface area contributed by atoms with Crippen LogP contribution >= 0.6 is 0 Å². The predicted molar refractivity (Wildman–Crippen MR) is 129 cm³/mol. The third kappa shape index (κ3) is 4.85. The van der Waals surface area contributed by atoms with E-state index >= 15 is 0 Å². The summed E-state index contributed by atoms with van der Waals surface area (Å²) in [5, 5.41) is 4.92. The van der Waals surface area contributed by atoms with Crippen molar-refractivity contribution in [2.24, 2.45) is 7.05 Å². The van der Waals surface area contributed by atoms with E-state index in [1.54, 1.807) is 0 Å². The summed E-state index contributed by atoms with van der Waals surface area (Å²) in [5.74, 6) is 1.32. The van der Waals surface area contributed by atoms with E-state index in [1.807, 2.05) is 24.0 Å². The molecule has 2 fully saturated rings. The summed E-state index contributed by atoms with van der Waals surface area (Å²) in [6.07, 6.45) is 11.3. The van der Waals surface area contributed by atoms with E-state index in [0.717, 1.165) is 44.2 Å². The minimum Gasteiger partial charge on any atom is -0.341 e. The van der Waals surface area contributed by atoms with Crippen LogP contribution in [0.3, 0.4) is 0 Å². The Morgan fingerprint density at radius 3 is 2.69 bits per heavy atom. The summed E-state index contributed by atoms with van der Waals surface area (Å²) in [6, 6.07) is 12.9. The number of likely N-dealkylation sites (tertiary alicyclic amines) is 1. The minimum absolute atomic E-state index is 0.460. The van der Waals surface area contributed by atoms with E-state index < -0.39 is 0 Å². The highest BCUT2D eigenvalue weighted by atomic mass is 15.3. The summed E-state index contributed by atoms with van der Waals surface area (Å²) < 4.78 is 1.96. The molecule has 2 saturated heterocycles. The number of anilines is 1. The van der Waals surface area contributed by atoms with Crippen LogP contribution in [0.25, 0.3) is 11.3 Å². The Labute approximate surface area is 191 Å². The van der Waals surface area contributed by atoms with Crippen LogP contribution in [0.5, 0.6) is 0 Å². The molecule has 2 aliphatic heterocycles. The first-order valence-electron chi connectivity index (χ1n) is 12.1. The monoisotopic (exact) mass is 430 g/mol. The molecule has 0 saturated carbocycles. The Bertz CT molecular complexity index is 1010. The Morgan fingerprint density at radius 1 is 1.00 bits per heavy atom. The van der Waals surface area contributed by atoms with Gasteiger partial charge in [-0.05, 0) is 63.2 Å². The van der Waals surface area contributed by atoms with Crippen LogP contribution in [0, 0.1) is 0 Å². The average molecular weight is 431 g/mol. The summed E-state index contributed by atoms with van der Waals surface area (Å²) in [7, 11) is 2.02. The quantitative estimate of drug-likeness (QED) is 0.560. The third-order valence-corrected chi connectivity index (χ3v) is 6.84. The number of hydrogen-bond donors (Lipinski definition) is 0. The Balaban J connectivity index is 1.28. The number of benzene rings is 1. The molecule has 0 spiro atoms. The number of aryl methyl sites for hydroxylation is 2. The van der Waals surface area contributed by atoms with Crippen molar-refractivity contribution >= 4 is 5.95 Å². The van der Waals surface area contributed by atoms with Gasteiger partial charge in [0.1, 0.15) is 0 Å². The first kappa shape index (κ1) is 21.1. The Kier molecular flexibility index (Phi) is 6.49. The predicted octanol–water partition coefficient (Wildman–Crippen LogP) is 4.29. The molecule has 1 atom stereocenters. The van der Waals surface area contributed by atoms with E-state index in [4.69, 9.17) is 10.1 Å². The van der Waals surface area contributed by atoms with Crippen LogP contribution < -0.4 is 4.90 Å². The highest BCUT2D eigenvalue weighted by molar-refractivity contribution is 5.63. The maximum Gasteiger partial charge on any atom is 0.225 e. The molecule has 168 valence electrons. The van der Waals surface area contributed by atoms with E-state index in [1.165, 1.54) is 55.5 Å². The normalized spacial score (nSPS) is 19.5. The molecule has 4 heterocycles. The van der Waals surface area contributed by atoms with Gasteiger partial charge in [-0.15, -0.1) is 0 Å². The zero-order chi connectivity index (χ0) is 21.8. The maximum atomic E-state index is 4.94. The number of rotatable bonds is 7. The lowest BCUT2D eigenvalue weighted by Gasteiger charge is -2.32. The number of hydrogen-bond acceptors (Lipinski definition) is 5. The number of piperidine rings is 1. The fourth-order valence-corrected chi connectivity index (χ4v) is 5.21. The molecular weight excluding hydrogens is 396 g/mol. The Hall–Kier alpha value is -2.73. The summed E-state index contributed by atoms with van der Waals surface area (Å²) >= 11 is 0. The molecule has 3 aromatic rings. The molecule has 1 unspecified atom stereocenters. The van der Waals surface area contributed by atoms with Gasteiger partial charge in [0.05, 0.1) is 11.4 Å². The molecule has 0 bridgehead atoms. The van der Waals surface area contributed by atoms with Crippen LogP contribution in [0.2, 0.25) is 0 Å². The molecule has 32 heavy (non-hydrogen) atoms. The lowest BCUT2D eigenvalue weighted by Crippen LogP contribution is -2.35. The third-order valence-electron chi connectivity index (χ3n) is 6.84. The van der Waals surface area contributed by atoms with Gasteiger partial charge < -0.3 is 9.80 Å². The van der Waals surface area contributed by atoms with Gasteiger partial charge >= 0.3 is 0 Å². The number of aromatic nitrogens is 4. The maximum absolute atomic E-state index is 4.94. The summed E-state index contributed by atoms with van der Waals surface area (Å²) in [6.45, 7) is 5.55. The van der Waals surface area contributed by atoms with Gasteiger partial charge in [0, 0.05) is 50.6 Å². The van der Waals surface area contributed by atoms with Crippen LogP contribution in [0.4, 0.5) is 5.95 Å². The van der Waals surface area contributed by atoms with Crippen molar-refractivity contribution in [2.75, 3.05) is 37.6 Å². The molecular formula is C26H34N6. The van der Waals surface area contributed by atoms with Crippen LogP contribution in [-0.4, -0.2) is 57.4 Å². The van der Waals surface area contributed by atoms with Gasteiger partial charge in [-0.3, -0.25) is 4.68 Å². The molecule has 0 radical (unpaired) electrons. The van der Waals surface area contributed by atoms with E-state index in [9.17, 15) is 0 Å². The number of nitrogens with zero attached hydrogens (tertiary/aromatic N) is 6. The highest BCUT2D eigenvalue weighted by Crippen LogP contribution is 2.33. The molecule has 0 amide bonds. The molecule has 2 aliphatic rings. The largest absolute Gasteiger partial charge is 0.341 e. The van der Waals surface area contributed by atoms with E-state index in [-0.39, 0.29) is 0 Å². The van der Waals surface area contributed by atoms with Crippen LogP contribution in [-0.2, 0) is 13.5 Å². The molecule has 0 aliphatic carbocycles. The highest BCUT2D eigenvalue weighted by Gasteiger charge is 2.27. The topological polar surface area (TPSA) is 50.1 Å². The SMILES string of the molecule is Cn1cc(-c2ccnc(N3CCCC3)n2)c(C2CCCN(CCCc3ccccc3)C2)n1. The van der Waals surface area contributed by atoms with E-state index in [2.05, 4.69) is 51.3 Å². The molecule has 1 aromatic carbocycles. The van der Waals surface area contributed by atoms with Gasteiger partial charge in [0.25, 0.3) is 0 Å². The Morgan fingerprint density at radius 2 is 1.84 bits per heavy atom. The molecule has 2 aromatic heterocycles. The van der Waals surface area contributed by atoms with Gasteiger partial charge in [0.2, 0.25) is 5.95 Å². The van der Waals surface area contributed by atoms with Crippen molar-refractivity contribution in [1.29, 1.82) is 0 Å². The second-order valence-corrected chi connectivity index (χ2v) is 9.27. The van der Waals surface area contributed by atoms with Crippen molar-refractivity contribution in [3.8, 4) is 11.3 Å². The van der Waals surface area contributed by atoms with Gasteiger partial charge in [-0.1, -0.05) is 30.3 Å². The smallest absolute Gasteiger partial charge is 0.225 e. The van der Waals surface area contributed by atoms with Crippen molar-refractivity contribution in [2.45, 2.75) is 44.4 Å². The lowest BCUT2D eigenvalue weighted by atomic mass is 9.91. The van der Waals surface area contributed by atoms with Gasteiger partial charge in [-0.25, -0.2) is 9.97 Å². The van der Waals surface area contributed by atoms with Crippen LogP contribution in [0.15, 0.2) is 48.8 Å². The second-order valence-electron chi connectivity index (χ2n) is 9.27. The van der Waals surface area contributed by atoms with Crippen molar-refractivity contribution in [3.63, 3.8) is 0 Å². The fraction of sp³-hybridized carbons (Fsp3) is 0.500. The summed E-state index contributed by atoms with van der Waals surface area (Å²) in [4.78, 5) is 14.4. The van der Waals surface area contributed by atoms with Crippen molar-refractivity contribution in [3.05, 3.63) is 60.0 Å². The zero-order valence-electron chi connectivity index (χ0n) is 19.2. The van der Waals surface area contributed by atoms with Gasteiger partial charge in [0.15, 0.2) is 0 Å². The first-order chi connectivity index (χ1) is 15.8. The van der Waals surface area contributed by atoms with E-state index in [0.29, 0.717) is 5.92 Å². The average Bonchev–Trinajstić information content (AvgIpc) is 3.50. The van der Waals surface area contributed by atoms with Gasteiger partial charge in [-0.2, -0.15) is 5.10 Å². The second kappa shape index (κ2) is 9.82. The standard InChI is InChI=1S/C26H34N6/c1-30-20-23(24-13-14-27-26(28-24)32-17-5-6-18-32)25(29-30)22-12-8-16-31(19-22)15-7-11-21-9-3-2-4-10-21/h2-4,9-10,13-14,20,22H,5-8,11-12,15-19H2,1H3. The lowest BCUT2D eigenvalue weighted by molar-refractivity contribution is 0.204. The fourth-order valence-electron chi connectivity index (χ4n) is 5.21. The molecule has 5 rings (SSSR count). The van der Waals surface area contributed by atoms with Crippen molar-refractivity contribution in [1.82, 2.24) is 24.6 Å². The minimum atomic E-state index is 0.460. The zero-order valence-corrected chi connectivity index (χ0v) is 19.2. The van der Waals surface area contributed by atoms with Crippen molar-refractivity contribution < 1.29 is 0 Å². The van der Waals surface area contributed by atoms with Crippen LogP contribution in [0.1, 0.15) is 49.3 Å². The summed E-state index contributed by atoms with van der Waals surface area (Å²) in [5.41, 5.74) is 4.81. The molecule has 0 N–H and O–H groups in total.